The van der Waals surface area contributed by atoms with Gasteiger partial charge >= 0.3 is 0 Å². The molecule has 0 saturated carbocycles. The summed E-state index contributed by atoms with van der Waals surface area (Å²) in [7, 11) is 0. The molecule has 1 rings (SSSR count). The van der Waals surface area contributed by atoms with Crippen LogP contribution in [0.4, 0.5) is 0 Å². The van der Waals surface area contributed by atoms with Gasteiger partial charge in [-0.05, 0) is 0 Å². The minimum Gasteiger partial charge on any atom is -0.391 e. The third kappa shape index (κ3) is 0.960. The van der Waals surface area contributed by atoms with Gasteiger partial charge in [-0.2, -0.15) is 17.0 Å². The van der Waals surface area contributed by atoms with E-state index in [-0.39, 0.29) is 12.0 Å². The van der Waals surface area contributed by atoms with E-state index in [2.05, 4.69) is 0 Å². The first-order chi connectivity index (χ1) is 3.84. The van der Waals surface area contributed by atoms with Crippen molar-refractivity contribution < 1.29 is 5.11 Å². The minimum atomic E-state index is -0.370. The van der Waals surface area contributed by atoms with Gasteiger partial charge in [0, 0.05) is 11.5 Å². The molecule has 1 aliphatic rings. The maximum Gasteiger partial charge on any atom is 0.0821 e. The largest absolute Gasteiger partial charge is 0.391 e. The van der Waals surface area contributed by atoms with Crippen LogP contribution in [0.5, 0.6) is 0 Å². The first kappa shape index (κ1) is 5.93. The topological polar surface area (TPSA) is 44.0 Å². The fraction of sp³-hybridized carbons (Fsp3) is 0.800. The lowest BCUT2D eigenvalue weighted by Crippen LogP contribution is -2.14. The van der Waals surface area contributed by atoms with Crippen molar-refractivity contribution in [2.75, 3.05) is 11.5 Å². The zero-order chi connectivity index (χ0) is 5.98. The van der Waals surface area contributed by atoms with E-state index in [4.69, 9.17) is 10.4 Å². The molecule has 0 amide bonds. The lowest BCUT2D eigenvalue weighted by Gasteiger charge is -1.99. The Hall–Kier alpha value is -0.200. The third-order valence-electron chi connectivity index (χ3n) is 1.22. The van der Waals surface area contributed by atoms with Crippen LogP contribution < -0.4 is 0 Å². The molecule has 1 saturated heterocycles. The number of hydrogen-bond acceptors (Lipinski definition) is 3. The van der Waals surface area contributed by atoms with Crippen LogP contribution in [-0.2, 0) is 0 Å². The Morgan fingerprint density at radius 3 is 2.62 bits per heavy atom. The Balaban J connectivity index is 2.45. The standard InChI is InChI=1S/C5H7NOS/c6-1-4-2-8-3-5(4)7/h4-5,7H,2-3H2/t4-,5+/m0/s1. The molecule has 3 heteroatoms. The zero-order valence-electron chi connectivity index (χ0n) is 4.37. The van der Waals surface area contributed by atoms with Gasteiger partial charge in [-0.1, -0.05) is 0 Å². The highest BCUT2D eigenvalue weighted by atomic mass is 32.2. The van der Waals surface area contributed by atoms with Crippen LogP contribution >= 0.6 is 11.8 Å². The molecule has 8 heavy (non-hydrogen) atoms. The minimum absolute atomic E-state index is 0.111. The molecular formula is C5H7NOS. The summed E-state index contributed by atoms with van der Waals surface area (Å²) in [6.07, 6.45) is -0.370. The number of nitrogens with zero attached hydrogens (tertiary/aromatic N) is 1. The van der Waals surface area contributed by atoms with Crippen molar-refractivity contribution in [1.82, 2.24) is 0 Å². The quantitative estimate of drug-likeness (QED) is 0.509. The Labute approximate surface area is 52.5 Å². The lowest BCUT2D eigenvalue weighted by molar-refractivity contribution is 0.174. The predicted octanol–water partition coefficient (Wildman–Crippen LogP) is 0.234. The molecule has 0 radical (unpaired) electrons. The molecule has 1 fully saturated rings. The summed E-state index contributed by atoms with van der Waals surface area (Å²) < 4.78 is 0. The van der Waals surface area contributed by atoms with Crippen LogP contribution in [0.1, 0.15) is 0 Å². The smallest absolute Gasteiger partial charge is 0.0821 e. The molecule has 2 atom stereocenters. The monoisotopic (exact) mass is 129 g/mol. The summed E-state index contributed by atoms with van der Waals surface area (Å²) in [6.45, 7) is 0. The van der Waals surface area contributed by atoms with Crippen molar-refractivity contribution in [1.29, 1.82) is 5.26 Å². The molecule has 44 valence electrons. The Morgan fingerprint density at radius 2 is 2.38 bits per heavy atom. The zero-order valence-corrected chi connectivity index (χ0v) is 5.19. The van der Waals surface area contributed by atoms with Gasteiger partial charge in [0.2, 0.25) is 0 Å². The highest BCUT2D eigenvalue weighted by Crippen LogP contribution is 2.22. The van der Waals surface area contributed by atoms with E-state index >= 15 is 0 Å². The lowest BCUT2D eigenvalue weighted by atomic mass is 10.1. The predicted molar refractivity (Wildman–Crippen MR) is 32.4 cm³/mol. The van der Waals surface area contributed by atoms with E-state index in [1.165, 1.54) is 0 Å². The molecule has 1 aliphatic heterocycles. The molecule has 0 aromatic rings. The van der Waals surface area contributed by atoms with Crippen molar-refractivity contribution in [3.63, 3.8) is 0 Å². The SMILES string of the molecule is N#C[C@H]1CSC[C@H]1O. The van der Waals surface area contributed by atoms with Crippen molar-refractivity contribution in [2.45, 2.75) is 6.10 Å². The van der Waals surface area contributed by atoms with E-state index in [1.54, 1.807) is 11.8 Å². The summed E-state index contributed by atoms with van der Waals surface area (Å²) in [5.74, 6) is 1.43. The molecule has 0 aromatic heterocycles. The van der Waals surface area contributed by atoms with Gasteiger partial charge in [0.05, 0.1) is 18.1 Å². The highest BCUT2D eigenvalue weighted by molar-refractivity contribution is 7.99. The number of rotatable bonds is 0. The van der Waals surface area contributed by atoms with Crippen molar-refractivity contribution in [3.05, 3.63) is 0 Å². The molecule has 1 heterocycles. The Morgan fingerprint density at radius 1 is 1.62 bits per heavy atom. The second kappa shape index (κ2) is 2.38. The van der Waals surface area contributed by atoms with Crippen LogP contribution in [0.2, 0.25) is 0 Å². The number of aliphatic hydroxyl groups excluding tert-OH is 1. The van der Waals surface area contributed by atoms with Crippen LogP contribution in [0.15, 0.2) is 0 Å². The van der Waals surface area contributed by atoms with Crippen LogP contribution in [0.25, 0.3) is 0 Å². The Bertz CT molecular complexity index is 120. The molecule has 1 N–H and O–H groups in total. The molecular weight excluding hydrogens is 122 g/mol. The average Bonchev–Trinajstić information content (AvgIpc) is 2.14. The van der Waals surface area contributed by atoms with E-state index in [1.807, 2.05) is 6.07 Å². The van der Waals surface area contributed by atoms with Crippen molar-refractivity contribution >= 4 is 11.8 Å². The number of thioether (sulfide) groups is 1. The van der Waals surface area contributed by atoms with Gasteiger partial charge in [-0.3, -0.25) is 0 Å². The maximum atomic E-state index is 8.95. The van der Waals surface area contributed by atoms with E-state index in [9.17, 15) is 0 Å². The van der Waals surface area contributed by atoms with Gasteiger partial charge in [-0.25, -0.2) is 0 Å². The van der Waals surface area contributed by atoms with Gasteiger partial charge in [-0.15, -0.1) is 0 Å². The number of hydrogen-bond donors (Lipinski definition) is 1. The van der Waals surface area contributed by atoms with Crippen LogP contribution in [0.3, 0.4) is 0 Å². The summed E-state index contributed by atoms with van der Waals surface area (Å²) in [4.78, 5) is 0. The molecule has 0 spiro atoms. The second-order valence-electron chi connectivity index (χ2n) is 1.84. The molecule has 0 unspecified atom stereocenters. The van der Waals surface area contributed by atoms with Crippen LogP contribution in [-0.4, -0.2) is 22.7 Å². The Kier molecular flexibility index (Phi) is 1.77. The van der Waals surface area contributed by atoms with Gasteiger partial charge < -0.3 is 5.11 Å². The van der Waals surface area contributed by atoms with Gasteiger partial charge in [0.15, 0.2) is 0 Å². The molecule has 0 aliphatic carbocycles. The molecule has 0 bridgehead atoms. The normalized spacial score (nSPS) is 37.0. The number of nitriles is 1. The van der Waals surface area contributed by atoms with Gasteiger partial charge in [0.25, 0.3) is 0 Å². The average molecular weight is 129 g/mol. The van der Waals surface area contributed by atoms with E-state index in [0.717, 1.165) is 11.5 Å². The summed E-state index contributed by atoms with van der Waals surface area (Å²) in [5.41, 5.74) is 0. The second-order valence-corrected chi connectivity index (χ2v) is 2.92. The van der Waals surface area contributed by atoms with Crippen molar-refractivity contribution in [2.24, 2.45) is 5.92 Å². The van der Waals surface area contributed by atoms with E-state index < -0.39 is 0 Å². The highest BCUT2D eigenvalue weighted by Gasteiger charge is 2.24. The fourth-order valence-corrected chi connectivity index (χ4v) is 1.83. The van der Waals surface area contributed by atoms with Crippen molar-refractivity contribution in [3.8, 4) is 6.07 Å². The number of aliphatic hydroxyl groups is 1. The van der Waals surface area contributed by atoms with E-state index in [0.29, 0.717) is 0 Å². The third-order valence-corrected chi connectivity index (χ3v) is 2.39. The summed E-state index contributed by atoms with van der Waals surface area (Å²) in [5, 5.41) is 17.3. The van der Waals surface area contributed by atoms with Gasteiger partial charge in [0.1, 0.15) is 0 Å². The molecule has 0 aromatic carbocycles. The summed E-state index contributed by atoms with van der Waals surface area (Å²) >= 11 is 1.64. The summed E-state index contributed by atoms with van der Waals surface area (Å²) in [6, 6.07) is 2.04. The fourth-order valence-electron chi connectivity index (χ4n) is 0.666. The molecule has 2 nitrogen and oxygen atoms in total. The first-order valence-corrected chi connectivity index (χ1v) is 3.65. The first-order valence-electron chi connectivity index (χ1n) is 2.50. The maximum absolute atomic E-state index is 8.95. The van der Waals surface area contributed by atoms with Crippen LogP contribution in [0, 0.1) is 17.2 Å².